The van der Waals surface area contributed by atoms with Gasteiger partial charge in [-0.1, -0.05) is 71.1 Å². The molecule has 4 aliphatic rings. The van der Waals surface area contributed by atoms with Crippen LogP contribution in [-0.2, 0) is 52.4 Å². The minimum atomic E-state index is -2.43. The van der Waals surface area contributed by atoms with Crippen LogP contribution in [0.1, 0.15) is 126 Å². The molecule has 3 heterocycles. The Morgan fingerprint density at radius 2 is 1.59 bits per heavy atom. The van der Waals surface area contributed by atoms with E-state index in [4.69, 9.17) is 28.4 Å². The number of fused-ring (bicyclic) bond motifs is 3. The van der Waals surface area contributed by atoms with Gasteiger partial charge in [0.1, 0.15) is 30.1 Å². The van der Waals surface area contributed by atoms with Crippen LogP contribution in [0.15, 0.2) is 47.6 Å². The second-order valence-corrected chi connectivity index (χ2v) is 20.2. The van der Waals surface area contributed by atoms with Crippen LogP contribution in [0.4, 0.5) is 0 Å². The van der Waals surface area contributed by atoms with Crippen LogP contribution < -0.4 is 0 Å². The molecule has 0 aromatic heterocycles. The van der Waals surface area contributed by atoms with Crippen molar-refractivity contribution < 1.29 is 67.7 Å². The van der Waals surface area contributed by atoms with Crippen molar-refractivity contribution in [3.8, 4) is 0 Å². The van der Waals surface area contributed by atoms with Crippen molar-refractivity contribution in [2.45, 2.75) is 180 Å². The van der Waals surface area contributed by atoms with Gasteiger partial charge in [0.05, 0.1) is 37.6 Å². The molecule has 3 fully saturated rings. The number of hydrogen-bond donors (Lipinski definition) is 3. The summed E-state index contributed by atoms with van der Waals surface area (Å²) in [7, 11) is 4.58. The van der Waals surface area contributed by atoms with Gasteiger partial charge in [0, 0.05) is 58.5 Å². The van der Waals surface area contributed by atoms with Gasteiger partial charge >= 0.3 is 5.97 Å². The van der Waals surface area contributed by atoms with Crippen molar-refractivity contribution in [3.05, 3.63) is 47.6 Å². The quantitative estimate of drug-likeness (QED) is 0.134. The minimum absolute atomic E-state index is 0.0158. The number of piperidine rings is 1. The van der Waals surface area contributed by atoms with Gasteiger partial charge in [-0.3, -0.25) is 19.2 Å². The molecule has 0 aromatic carbocycles. The standard InChI is InChI=1S/C53H83NO14/c1-32-16-12-11-13-17-33(2)44(63-8)30-40-21-19-38(7)53(62,68-40)50(59)51(60)54-23-15-14-18-41(54)52(61)67-45(35(4)28-39-20-22-43(66-25-24-55)46(29-39)64-9)31-42(56)34(3)27-37(6)48(58)49(65-10)47(57)36(5)26-32/h11-13,16-17,27,32,34-36,38-41,43-46,48-49,55,58,62H,14-15,18-26,28-31H2,1-10H3/b13-11+,16-12+,33-17+,37-27+/t32-,34-,35-,36-,38-,39-,40+,41+,43-,44+,45+,46-,48-,49+,53-/m1/s1. The number of aliphatic hydroxyl groups excluding tert-OH is 2. The first-order valence-electron chi connectivity index (χ1n) is 25.0. The number of ether oxygens (including phenoxy) is 6. The normalized spacial score (nSPS) is 39.2. The Hall–Kier alpha value is -3.41. The van der Waals surface area contributed by atoms with Crippen LogP contribution in [-0.4, -0.2) is 145 Å². The predicted molar refractivity (Wildman–Crippen MR) is 256 cm³/mol. The smallest absolute Gasteiger partial charge is 0.329 e. The van der Waals surface area contributed by atoms with Crippen LogP contribution in [0, 0.1) is 35.5 Å². The van der Waals surface area contributed by atoms with Gasteiger partial charge in [-0.25, -0.2) is 4.79 Å². The van der Waals surface area contributed by atoms with Gasteiger partial charge in [-0.05, 0) is 107 Å². The lowest BCUT2D eigenvalue weighted by atomic mass is 9.78. The fraction of sp³-hybridized carbons (Fsp3) is 0.755. The fourth-order valence-corrected chi connectivity index (χ4v) is 10.5. The maximum atomic E-state index is 14.5. The fourth-order valence-electron chi connectivity index (χ4n) is 10.5. The highest BCUT2D eigenvalue weighted by molar-refractivity contribution is 6.39. The van der Waals surface area contributed by atoms with Crippen molar-refractivity contribution in [2.24, 2.45) is 35.5 Å². The van der Waals surface area contributed by atoms with E-state index in [9.17, 15) is 39.3 Å². The molecule has 384 valence electrons. The minimum Gasteiger partial charge on any atom is -0.460 e. The first kappa shape index (κ1) is 57.2. The van der Waals surface area contributed by atoms with E-state index in [1.54, 1.807) is 41.1 Å². The predicted octanol–water partition coefficient (Wildman–Crippen LogP) is 6.20. The number of hydrogen-bond acceptors (Lipinski definition) is 14. The number of esters is 1. The number of rotatable bonds is 9. The molecule has 4 rings (SSSR count). The van der Waals surface area contributed by atoms with Gasteiger partial charge in [0.25, 0.3) is 11.7 Å². The van der Waals surface area contributed by atoms with Gasteiger partial charge in [-0.2, -0.15) is 0 Å². The summed E-state index contributed by atoms with van der Waals surface area (Å²) in [5.41, 5.74) is 1.26. The van der Waals surface area contributed by atoms with Gasteiger partial charge in [0.2, 0.25) is 5.79 Å². The molecule has 1 saturated carbocycles. The Morgan fingerprint density at radius 1 is 0.853 bits per heavy atom. The lowest BCUT2D eigenvalue weighted by molar-refractivity contribution is -0.265. The highest BCUT2D eigenvalue weighted by atomic mass is 16.6. The lowest BCUT2D eigenvalue weighted by Gasteiger charge is -2.42. The SMILES string of the molecule is CO[C@H]1C[C@@H]2CC[C@@H](C)[C@@](O)(O2)C(=O)C(=O)N2CCCC[C@H]2C(=O)O[C@H]([C@H](C)C[C@H]2CC[C@@H](OCCO)[C@H](OC)C2)CC(=O)[C@H](C)/C=C(\C)[C@@H](O)[C@@H](OC)C(=O)[C@H](C)C[C@H](C)/C=C/C=C/C=C/1C. The highest BCUT2D eigenvalue weighted by Gasteiger charge is 2.53. The summed E-state index contributed by atoms with van der Waals surface area (Å²) in [6, 6.07) is -1.14. The van der Waals surface area contributed by atoms with Crippen LogP contribution >= 0.6 is 0 Å². The molecule has 15 heteroatoms. The summed E-state index contributed by atoms with van der Waals surface area (Å²) in [5, 5.41) is 32.8. The molecule has 3 N–H and O–H groups in total. The number of carbonyl (C=O) groups excluding carboxylic acids is 5. The Balaban J connectivity index is 1.70. The summed E-state index contributed by atoms with van der Waals surface area (Å²) in [6.07, 6.45) is 12.0. The molecular weight excluding hydrogens is 875 g/mol. The van der Waals surface area contributed by atoms with Crippen LogP contribution in [0.2, 0.25) is 0 Å². The Kier molecular flexibility index (Phi) is 22.9. The Morgan fingerprint density at radius 3 is 2.26 bits per heavy atom. The molecule has 0 aromatic rings. The number of amides is 1. The third kappa shape index (κ3) is 15.3. The summed E-state index contributed by atoms with van der Waals surface area (Å²) in [5.74, 6) is -7.96. The summed E-state index contributed by atoms with van der Waals surface area (Å²) in [6.45, 7) is 12.9. The van der Waals surface area contributed by atoms with E-state index >= 15 is 0 Å². The molecule has 1 amide bonds. The van der Waals surface area contributed by atoms with E-state index in [1.807, 2.05) is 58.1 Å². The van der Waals surface area contributed by atoms with Crippen LogP contribution in [0.25, 0.3) is 0 Å². The number of carbonyl (C=O) groups is 5. The Bertz CT molecular complexity index is 1810. The maximum absolute atomic E-state index is 14.5. The number of methoxy groups -OCH3 is 3. The third-order valence-electron chi connectivity index (χ3n) is 14.9. The molecule has 0 unspecified atom stereocenters. The number of nitrogens with zero attached hydrogens (tertiary/aromatic N) is 1. The largest absolute Gasteiger partial charge is 0.460 e. The second-order valence-electron chi connectivity index (χ2n) is 20.2. The van der Waals surface area contributed by atoms with Crippen molar-refractivity contribution in [2.75, 3.05) is 41.1 Å². The number of cyclic esters (lactones) is 1. The summed E-state index contributed by atoms with van der Waals surface area (Å²) < 4.78 is 35.6. The van der Waals surface area contributed by atoms with Crippen LogP contribution in [0.5, 0.6) is 0 Å². The van der Waals surface area contributed by atoms with Gasteiger partial charge in [0.15, 0.2) is 5.78 Å². The highest BCUT2D eigenvalue weighted by Crippen LogP contribution is 2.38. The van der Waals surface area contributed by atoms with Crippen molar-refractivity contribution in [1.29, 1.82) is 0 Å². The van der Waals surface area contributed by atoms with E-state index in [2.05, 4.69) is 0 Å². The maximum Gasteiger partial charge on any atom is 0.329 e. The summed E-state index contributed by atoms with van der Waals surface area (Å²) in [4.78, 5) is 72.1. The Labute approximate surface area is 405 Å². The molecular formula is C53H83NO14. The zero-order valence-electron chi connectivity index (χ0n) is 42.4. The van der Waals surface area contributed by atoms with E-state index in [0.717, 1.165) is 12.0 Å². The van der Waals surface area contributed by atoms with E-state index in [1.165, 1.54) is 12.0 Å². The average molecular weight is 958 g/mol. The monoisotopic (exact) mass is 958 g/mol. The van der Waals surface area contributed by atoms with Crippen LogP contribution in [0.3, 0.4) is 0 Å². The lowest BCUT2D eigenvalue weighted by Crippen LogP contribution is -2.61. The zero-order valence-corrected chi connectivity index (χ0v) is 42.4. The second kappa shape index (κ2) is 27.3. The molecule has 68 heavy (non-hydrogen) atoms. The first-order chi connectivity index (χ1) is 32.3. The van der Waals surface area contributed by atoms with E-state index < -0.39 is 77.8 Å². The number of allylic oxidation sites excluding steroid dienone is 6. The topological polar surface area (TPSA) is 205 Å². The van der Waals surface area contributed by atoms with Crippen molar-refractivity contribution in [3.63, 3.8) is 0 Å². The van der Waals surface area contributed by atoms with E-state index in [0.29, 0.717) is 63.4 Å². The van der Waals surface area contributed by atoms with Gasteiger partial charge < -0.3 is 48.6 Å². The molecule has 3 aliphatic heterocycles. The van der Waals surface area contributed by atoms with Crippen molar-refractivity contribution >= 4 is 29.2 Å². The first-order valence-corrected chi connectivity index (χ1v) is 25.0. The number of ketones is 3. The molecule has 2 saturated heterocycles. The zero-order chi connectivity index (χ0) is 50.3. The van der Waals surface area contributed by atoms with Gasteiger partial charge in [-0.15, -0.1) is 0 Å². The van der Waals surface area contributed by atoms with E-state index in [-0.39, 0.29) is 74.1 Å². The average Bonchev–Trinajstić information content (AvgIpc) is 3.32. The molecule has 15 nitrogen and oxygen atoms in total. The molecule has 2 bridgehead atoms. The van der Waals surface area contributed by atoms with Crippen molar-refractivity contribution in [1.82, 2.24) is 4.90 Å². The third-order valence-corrected chi connectivity index (χ3v) is 14.9. The summed E-state index contributed by atoms with van der Waals surface area (Å²) >= 11 is 0. The molecule has 1 aliphatic carbocycles. The molecule has 15 atom stereocenters. The number of aliphatic hydroxyl groups is 3. The molecule has 0 radical (unpaired) electrons. The molecule has 0 spiro atoms. The number of Topliss-reactive ketones (excluding diaryl/α,β-unsaturated/α-hetero) is 3.